The van der Waals surface area contributed by atoms with E-state index in [2.05, 4.69) is 20.7 Å². The molecule has 0 atom stereocenters. The van der Waals surface area contributed by atoms with Crippen molar-refractivity contribution in [3.05, 3.63) is 44.6 Å². The third-order valence-corrected chi connectivity index (χ3v) is 5.90. The van der Waals surface area contributed by atoms with Gasteiger partial charge in [-0.25, -0.2) is 13.1 Å². The highest BCUT2D eigenvalue weighted by molar-refractivity contribution is 9.11. The van der Waals surface area contributed by atoms with Crippen molar-refractivity contribution in [2.75, 3.05) is 5.73 Å². The van der Waals surface area contributed by atoms with E-state index in [0.717, 1.165) is 20.6 Å². The van der Waals surface area contributed by atoms with Crippen molar-refractivity contribution >= 4 is 43.0 Å². The molecule has 3 N–H and O–H groups in total. The molecule has 1 aromatic heterocycles. The second-order valence-corrected chi connectivity index (χ2v) is 8.56. The average Bonchev–Trinajstić information content (AvgIpc) is 2.82. The molecule has 0 saturated carbocycles. The van der Waals surface area contributed by atoms with Crippen LogP contribution >= 0.6 is 27.3 Å². The smallest absolute Gasteiger partial charge is 0.240 e. The van der Waals surface area contributed by atoms with Crippen LogP contribution in [-0.4, -0.2) is 8.42 Å². The summed E-state index contributed by atoms with van der Waals surface area (Å²) in [5, 5.41) is 0. The molecule has 0 bridgehead atoms. The van der Waals surface area contributed by atoms with Crippen LogP contribution < -0.4 is 10.5 Å². The first-order valence-electron chi connectivity index (χ1n) is 6.04. The Morgan fingerprint density at radius 1 is 1.30 bits per heavy atom. The molecule has 0 saturated heterocycles. The maximum atomic E-state index is 12.2. The van der Waals surface area contributed by atoms with Crippen LogP contribution in [-0.2, 0) is 23.0 Å². The number of anilines is 1. The highest BCUT2D eigenvalue weighted by atomic mass is 79.9. The molecule has 0 amide bonds. The Morgan fingerprint density at radius 3 is 2.60 bits per heavy atom. The average molecular weight is 375 g/mol. The summed E-state index contributed by atoms with van der Waals surface area (Å²) >= 11 is 4.85. The number of aryl methyl sites for hydroxylation is 1. The second-order valence-electron chi connectivity index (χ2n) is 4.24. The van der Waals surface area contributed by atoms with Gasteiger partial charge in [0.15, 0.2) is 0 Å². The second kappa shape index (κ2) is 6.26. The lowest BCUT2D eigenvalue weighted by Crippen LogP contribution is -2.23. The highest BCUT2D eigenvalue weighted by Crippen LogP contribution is 2.23. The van der Waals surface area contributed by atoms with E-state index in [1.165, 1.54) is 17.4 Å². The minimum atomic E-state index is -3.54. The SMILES string of the molecule is CCc1ccc(S(=O)(=O)NCc2ccc(Br)s2)cc1N. The molecule has 0 radical (unpaired) electrons. The molecule has 0 aliphatic heterocycles. The molecule has 1 aromatic carbocycles. The van der Waals surface area contributed by atoms with Crippen molar-refractivity contribution in [3.63, 3.8) is 0 Å². The van der Waals surface area contributed by atoms with Crippen LogP contribution in [0.2, 0.25) is 0 Å². The standard InChI is InChI=1S/C13H15BrN2O2S2/c1-2-9-3-5-11(7-12(9)15)20(17,18)16-8-10-4-6-13(14)19-10/h3-7,16H,2,8,15H2,1H3. The Labute approximate surface area is 131 Å². The van der Waals surface area contributed by atoms with Gasteiger partial charge < -0.3 is 5.73 Å². The van der Waals surface area contributed by atoms with Crippen molar-refractivity contribution < 1.29 is 8.42 Å². The van der Waals surface area contributed by atoms with Crippen LogP contribution in [0.3, 0.4) is 0 Å². The number of nitrogen functional groups attached to an aromatic ring is 1. The van der Waals surface area contributed by atoms with Gasteiger partial charge in [0.05, 0.1) is 8.68 Å². The van der Waals surface area contributed by atoms with Gasteiger partial charge >= 0.3 is 0 Å². The molecule has 0 spiro atoms. The number of thiophene rings is 1. The summed E-state index contributed by atoms with van der Waals surface area (Å²) in [6.45, 7) is 2.25. The van der Waals surface area contributed by atoms with E-state index < -0.39 is 10.0 Å². The Kier molecular flexibility index (Phi) is 4.85. The summed E-state index contributed by atoms with van der Waals surface area (Å²) in [6, 6.07) is 8.62. The van der Waals surface area contributed by atoms with Crippen molar-refractivity contribution in [2.24, 2.45) is 0 Å². The van der Waals surface area contributed by atoms with E-state index in [-0.39, 0.29) is 11.4 Å². The Hall–Kier alpha value is -0.890. The quantitative estimate of drug-likeness (QED) is 0.789. The lowest BCUT2D eigenvalue weighted by atomic mass is 10.1. The van der Waals surface area contributed by atoms with Crippen LogP contribution in [0.15, 0.2) is 39.0 Å². The number of halogens is 1. The number of rotatable bonds is 5. The molecule has 108 valence electrons. The van der Waals surface area contributed by atoms with Gasteiger partial charge in [-0.15, -0.1) is 11.3 Å². The fraction of sp³-hybridized carbons (Fsp3) is 0.231. The van der Waals surface area contributed by atoms with Crippen molar-refractivity contribution in [2.45, 2.75) is 24.8 Å². The fourth-order valence-corrected chi connectivity index (χ4v) is 4.31. The molecule has 0 unspecified atom stereocenters. The molecule has 4 nitrogen and oxygen atoms in total. The monoisotopic (exact) mass is 374 g/mol. The predicted molar refractivity (Wildman–Crippen MR) is 86.3 cm³/mol. The Balaban J connectivity index is 2.15. The van der Waals surface area contributed by atoms with E-state index >= 15 is 0 Å². The zero-order valence-corrected chi connectivity index (χ0v) is 14.1. The van der Waals surface area contributed by atoms with E-state index in [1.54, 1.807) is 12.1 Å². The van der Waals surface area contributed by atoms with Crippen LogP contribution in [0.25, 0.3) is 0 Å². The molecule has 0 aliphatic carbocycles. The van der Waals surface area contributed by atoms with E-state index in [1.807, 2.05) is 19.1 Å². The maximum absolute atomic E-state index is 12.2. The number of nitrogens with two attached hydrogens (primary N) is 1. The minimum Gasteiger partial charge on any atom is -0.398 e. The van der Waals surface area contributed by atoms with Crippen molar-refractivity contribution in [1.29, 1.82) is 0 Å². The third kappa shape index (κ3) is 3.60. The van der Waals surface area contributed by atoms with Crippen LogP contribution in [0.4, 0.5) is 5.69 Å². The molecule has 2 rings (SSSR count). The van der Waals surface area contributed by atoms with Crippen LogP contribution in [0, 0.1) is 0 Å². The van der Waals surface area contributed by atoms with Gasteiger partial charge in [-0.3, -0.25) is 0 Å². The Bertz CT molecular complexity index is 711. The van der Waals surface area contributed by atoms with Crippen molar-refractivity contribution in [3.8, 4) is 0 Å². The topological polar surface area (TPSA) is 72.2 Å². The normalized spacial score (nSPS) is 11.7. The first kappa shape index (κ1) is 15.5. The van der Waals surface area contributed by atoms with Gasteiger partial charge in [0.25, 0.3) is 0 Å². The molecule has 1 heterocycles. The number of hydrogen-bond donors (Lipinski definition) is 2. The zero-order valence-electron chi connectivity index (χ0n) is 10.9. The molecule has 2 aromatic rings. The molecular formula is C13H15BrN2O2S2. The number of nitrogens with one attached hydrogen (secondary N) is 1. The molecular weight excluding hydrogens is 360 g/mol. The van der Waals surface area contributed by atoms with E-state index in [4.69, 9.17) is 5.73 Å². The van der Waals surface area contributed by atoms with Gasteiger partial charge in [-0.1, -0.05) is 13.0 Å². The van der Waals surface area contributed by atoms with Gasteiger partial charge in [0.1, 0.15) is 0 Å². The first-order valence-corrected chi connectivity index (χ1v) is 9.14. The summed E-state index contributed by atoms with van der Waals surface area (Å²) in [7, 11) is -3.54. The highest BCUT2D eigenvalue weighted by Gasteiger charge is 2.15. The van der Waals surface area contributed by atoms with Gasteiger partial charge in [0, 0.05) is 17.1 Å². The number of benzene rings is 1. The first-order chi connectivity index (χ1) is 9.42. The van der Waals surface area contributed by atoms with Crippen molar-refractivity contribution in [1.82, 2.24) is 4.72 Å². The summed E-state index contributed by atoms with van der Waals surface area (Å²) in [4.78, 5) is 1.14. The molecule has 20 heavy (non-hydrogen) atoms. The zero-order chi connectivity index (χ0) is 14.8. The lowest BCUT2D eigenvalue weighted by Gasteiger charge is -2.08. The molecule has 7 heteroatoms. The third-order valence-electron chi connectivity index (χ3n) is 2.87. The molecule has 0 aliphatic rings. The summed E-state index contributed by atoms with van der Waals surface area (Å²) in [5.74, 6) is 0. The lowest BCUT2D eigenvalue weighted by molar-refractivity contribution is 0.582. The fourth-order valence-electron chi connectivity index (χ4n) is 1.76. The minimum absolute atomic E-state index is 0.197. The van der Waals surface area contributed by atoms with E-state index in [0.29, 0.717) is 5.69 Å². The number of hydrogen-bond acceptors (Lipinski definition) is 4. The number of sulfonamides is 1. The summed E-state index contributed by atoms with van der Waals surface area (Å²) < 4.78 is 27.9. The maximum Gasteiger partial charge on any atom is 0.240 e. The van der Waals surface area contributed by atoms with Crippen LogP contribution in [0.5, 0.6) is 0 Å². The summed E-state index contributed by atoms with van der Waals surface area (Å²) in [6.07, 6.45) is 0.781. The predicted octanol–water partition coefficient (Wildman–Crippen LogP) is 3.13. The van der Waals surface area contributed by atoms with Gasteiger partial charge in [0.2, 0.25) is 10.0 Å². The van der Waals surface area contributed by atoms with Gasteiger partial charge in [-0.2, -0.15) is 0 Å². The Morgan fingerprint density at radius 2 is 2.05 bits per heavy atom. The molecule has 0 fully saturated rings. The largest absolute Gasteiger partial charge is 0.398 e. The summed E-state index contributed by atoms with van der Waals surface area (Å²) in [5.41, 5.74) is 7.30. The van der Waals surface area contributed by atoms with Gasteiger partial charge in [-0.05, 0) is 52.2 Å². The van der Waals surface area contributed by atoms with Crippen LogP contribution in [0.1, 0.15) is 17.4 Å². The van der Waals surface area contributed by atoms with E-state index in [9.17, 15) is 8.42 Å².